The Hall–Kier alpha value is -2.38. The van der Waals surface area contributed by atoms with Crippen LogP contribution in [0.4, 0.5) is 0 Å². The number of aromatic nitrogens is 1. The molecule has 144 valence electrons. The summed E-state index contributed by atoms with van der Waals surface area (Å²) in [7, 11) is 1.55. The summed E-state index contributed by atoms with van der Waals surface area (Å²) in [5.74, 6) is 0.430. The first-order valence-corrected chi connectivity index (χ1v) is 9.67. The van der Waals surface area contributed by atoms with Gasteiger partial charge in [0.1, 0.15) is 18.5 Å². The van der Waals surface area contributed by atoms with E-state index in [1.54, 1.807) is 31.4 Å². The van der Waals surface area contributed by atoms with Gasteiger partial charge in [0.15, 0.2) is 5.62 Å². The standard InChI is InChI=1S/C20H24N2O4S/c1-3-14-6-9-17(22-11-14)18(24)12-26-16-7-4-15(5-8-16)10-19(27-13-23)20(25)21-2/h4-9,11,13,18-19,24H,3,10,12H2,1-2H3,(H,21,25). The van der Waals surface area contributed by atoms with Crippen LogP contribution in [0.15, 0.2) is 42.6 Å². The number of carbonyl (C=O) groups excluding carboxylic acids is 2. The molecule has 1 aromatic carbocycles. The van der Waals surface area contributed by atoms with Gasteiger partial charge in [-0.3, -0.25) is 14.6 Å². The lowest BCUT2D eigenvalue weighted by Crippen LogP contribution is -2.31. The molecule has 6 nitrogen and oxygen atoms in total. The number of hydrogen-bond acceptors (Lipinski definition) is 6. The zero-order valence-corrected chi connectivity index (χ0v) is 16.2. The van der Waals surface area contributed by atoms with E-state index < -0.39 is 11.4 Å². The van der Waals surface area contributed by atoms with Gasteiger partial charge in [0.05, 0.1) is 10.9 Å². The van der Waals surface area contributed by atoms with Gasteiger partial charge in [-0.05, 0) is 42.2 Å². The molecule has 1 aromatic heterocycles. The Labute approximate surface area is 163 Å². The molecule has 0 radical (unpaired) electrons. The van der Waals surface area contributed by atoms with Crippen LogP contribution in [0.3, 0.4) is 0 Å². The van der Waals surface area contributed by atoms with Gasteiger partial charge in [0, 0.05) is 13.2 Å². The lowest BCUT2D eigenvalue weighted by molar-refractivity contribution is -0.120. The van der Waals surface area contributed by atoms with Crippen molar-refractivity contribution >= 4 is 23.3 Å². The number of aliphatic hydroxyl groups excluding tert-OH is 1. The first-order valence-electron chi connectivity index (χ1n) is 8.72. The number of aliphatic hydroxyl groups is 1. The van der Waals surface area contributed by atoms with Crippen LogP contribution in [0, 0.1) is 0 Å². The minimum Gasteiger partial charge on any atom is -0.490 e. The van der Waals surface area contributed by atoms with Crippen LogP contribution in [0.1, 0.15) is 29.8 Å². The SMILES string of the molecule is CCc1ccc(C(O)COc2ccc(CC(SC=O)C(=O)NC)cc2)nc1. The number of rotatable bonds is 10. The largest absolute Gasteiger partial charge is 0.490 e. The van der Waals surface area contributed by atoms with Gasteiger partial charge in [-0.2, -0.15) is 0 Å². The first-order chi connectivity index (χ1) is 13.1. The highest BCUT2D eigenvalue weighted by atomic mass is 32.2. The van der Waals surface area contributed by atoms with Crippen molar-refractivity contribution in [3.05, 3.63) is 59.4 Å². The zero-order chi connectivity index (χ0) is 19.6. The van der Waals surface area contributed by atoms with E-state index in [1.165, 1.54) is 0 Å². The van der Waals surface area contributed by atoms with Crippen LogP contribution in [0.2, 0.25) is 0 Å². The maximum atomic E-state index is 11.8. The third-order valence-electron chi connectivity index (χ3n) is 4.11. The predicted molar refractivity (Wildman–Crippen MR) is 106 cm³/mol. The third-order valence-corrected chi connectivity index (χ3v) is 4.93. The van der Waals surface area contributed by atoms with E-state index in [4.69, 9.17) is 4.74 Å². The quantitative estimate of drug-likeness (QED) is 0.608. The average molecular weight is 388 g/mol. The second-order valence-electron chi connectivity index (χ2n) is 5.95. The fraction of sp³-hybridized carbons (Fsp3) is 0.350. The van der Waals surface area contributed by atoms with E-state index in [9.17, 15) is 14.7 Å². The second-order valence-corrected chi connectivity index (χ2v) is 6.99. The van der Waals surface area contributed by atoms with Crippen LogP contribution in [0.25, 0.3) is 0 Å². The Morgan fingerprint density at radius 2 is 1.96 bits per heavy atom. The summed E-state index contributed by atoms with van der Waals surface area (Å²) in [5, 5.41) is 12.3. The van der Waals surface area contributed by atoms with Gasteiger partial charge in [0.2, 0.25) is 5.91 Å². The van der Waals surface area contributed by atoms with E-state index >= 15 is 0 Å². The molecule has 0 aliphatic rings. The Morgan fingerprint density at radius 3 is 2.52 bits per heavy atom. The molecule has 27 heavy (non-hydrogen) atoms. The summed E-state index contributed by atoms with van der Waals surface area (Å²) in [6.07, 6.45) is 2.29. The van der Waals surface area contributed by atoms with Gasteiger partial charge in [-0.1, -0.05) is 36.9 Å². The minimum atomic E-state index is -0.808. The Bertz CT molecular complexity index is 735. The fourth-order valence-corrected chi connectivity index (χ4v) is 3.13. The Kier molecular flexibility index (Phi) is 8.29. The molecule has 2 atom stereocenters. The number of nitrogens with zero attached hydrogens (tertiary/aromatic N) is 1. The highest BCUT2D eigenvalue weighted by Crippen LogP contribution is 2.19. The number of ether oxygens (including phenoxy) is 1. The minimum absolute atomic E-state index is 0.0969. The molecule has 1 amide bonds. The fourth-order valence-electron chi connectivity index (χ4n) is 2.47. The van der Waals surface area contributed by atoms with Crippen molar-refractivity contribution in [3.8, 4) is 5.75 Å². The van der Waals surface area contributed by atoms with Gasteiger partial charge < -0.3 is 15.2 Å². The third kappa shape index (κ3) is 6.37. The monoisotopic (exact) mass is 388 g/mol. The molecule has 0 aliphatic carbocycles. The average Bonchev–Trinajstić information content (AvgIpc) is 2.72. The summed E-state index contributed by atoms with van der Waals surface area (Å²) in [6.45, 7) is 2.15. The van der Waals surface area contributed by atoms with E-state index in [0.29, 0.717) is 23.5 Å². The van der Waals surface area contributed by atoms with Gasteiger partial charge in [-0.25, -0.2) is 0 Å². The second kappa shape index (κ2) is 10.7. The molecule has 2 rings (SSSR count). The molecular weight excluding hydrogens is 364 g/mol. The van der Waals surface area contributed by atoms with Crippen molar-refractivity contribution in [2.24, 2.45) is 0 Å². The van der Waals surface area contributed by atoms with Crippen molar-refractivity contribution in [2.45, 2.75) is 31.1 Å². The number of pyridine rings is 1. The highest BCUT2D eigenvalue weighted by Gasteiger charge is 2.18. The summed E-state index contributed by atoms with van der Waals surface area (Å²) in [5.41, 5.74) is 3.29. The van der Waals surface area contributed by atoms with Crippen molar-refractivity contribution in [2.75, 3.05) is 13.7 Å². The molecule has 1 heterocycles. The van der Waals surface area contributed by atoms with Gasteiger partial charge in [-0.15, -0.1) is 0 Å². The van der Waals surface area contributed by atoms with E-state index in [1.807, 2.05) is 18.2 Å². The van der Waals surface area contributed by atoms with Crippen LogP contribution in [0.5, 0.6) is 5.75 Å². The molecule has 0 bridgehead atoms. The topological polar surface area (TPSA) is 88.5 Å². The molecule has 0 saturated carbocycles. The number of aryl methyl sites for hydroxylation is 1. The molecule has 2 aromatic rings. The maximum Gasteiger partial charge on any atom is 0.233 e. The lowest BCUT2D eigenvalue weighted by Gasteiger charge is -2.14. The Balaban J connectivity index is 1.90. The van der Waals surface area contributed by atoms with Crippen LogP contribution in [-0.2, 0) is 22.4 Å². The van der Waals surface area contributed by atoms with Gasteiger partial charge in [0.25, 0.3) is 0 Å². The number of carbonyl (C=O) groups is 2. The van der Waals surface area contributed by atoms with Crippen LogP contribution < -0.4 is 10.1 Å². The zero-order valence-electron chi connectivity index (χ0n) is 15.4. The predicted octanol–water partition coefficient (Wildman–Crippen LogP) is 2.34. The molecule has 0 fully saturated rings. The maximum absolute atomic E-state index is 11.8. The molecule has 2 N–H and O–H groups in total. The normalized spacial score (nSPS) is 12.9. The molecule has 2 unspecified atom stereocenters. The Morgan fingerprint density at radius 1 is 1.26 bits per heavy atom. The highest BCUT2D eigenvalue weighted by molar-refractivity contribution is 8.13. The van der Waals surface area contributed by atoms with Crippen molar-refractivity contribution < 1.29 is 19.4 Å². The molecular formula is C20H24N2O4S. The molecule has 0 saturated heterocycles. The summed E-state index contributed by atoms with van der Waals surface area (Å²) < 4.78 is 5.62. The number of nitrogens with one attached hydrogen (secondary N) is 1. The van der Waals surface area contributed by atoms with E-state index in [-0.39, 0.29) is 12.5 Å². The van der Waals surface area contributed by atoms with E-state index in [0.717, 1.165) is 29.3 Å². The van der Waals surface area contributed by atoms with Crippen molar-refractivity contribution in [1.82, 2.24) is 10.3 Å². The van der Waals surface area contributed by atoms with Crippen LogP contribution in [-0.4, -0.2) is 40.5 Å². The first kappa shape index (κ1) is 20.9. The number of thioether (sulfide) groups is 1. The van der Waals surface area contributed by atoms with Crippen molar-refractivity contribution in [3.63, 3.8) is 0 Å². The lowest BCUT2D eigenvalue weighted by atomic mass is 10.1. The summed E-state index contributed by atoms with van der Waals surface area (Å²) in [6, 6.07) is 11.0. The molecule has 0 spiro atoms. The molecule has 0 aliphatic heterocycles. The van der Waals surface area contributed by atoms with E-state index in [2.05, 4.69) is 17.2 Å². The van der Waals surface area contributed by atoms with Crippen LogP contribution >= 0.6 is 11.8 Å². The number of amides is 1. The summed E-state index contributed by atoms with van der Waals surface area (Å²) >= 11 is 0.959. The number of hydrogen-bond donors (Lipinski definition) is 2. The molecule has 7 heteroatoms. The van der Waals surface area contributed by atoms with Crippen molar-refractivity contribution in [1.29, 1.82) is 0 Å². The summed E-state index contributed by atoms with van der Waals surface area (Å²) in [4.78, 5) is 26.7. The number of benzene rings is 1. The smallest absolute Gasteiger partial charge is 0.233 e. The van der Waals surface area contributed by atoms with Gasteiger partial charge >= 0.3 is 0 Å².